The van der Waals surface area contributed by atoms with Gasteiger partial charge in [0.05, 0.1) is 18.5 Å². The lowest BCUT2D eigenvalue weighted by molar-refractivity contribution is 0.0437. The van der Waals surface area contributed by atoms with Gasteiger partial charge in [0.25, 0.3) is 0 Å². The van der Waals surface area contributed by atoms with Crippen LogP contribution >= 0.6 is 0 Å². The lowest BCUT2D eigenvalue weighted by Gasteiger charge is -2.36. The molecule has 1 unspecified atom stereocenters. The Labute approximate surface area is 183 Å². The van der Waals surface area contributed by atoms with E-state index in [-0.39, 0.29) is 12.4 Å². The number of nitrogens with one attached hydrogen (secondary N) is 2. The molecule has 31 heavy (non-hydrogen) atoms. The van der Waals surface area contributed by atoms with Crippen LogP contribution in [0.25, 0.3) is 0 Å². The summed E-state index contributed by atoms with van der Waals surface area (Å²) in [7, 11) is 0. The average Bonchev–Trinajstić information content (AvgIpc) is 3.32. The summed E-state index contributed by atoms with van der Waals surface area (Å²) in [4.78, 5) is 9.03. The van der Waals surface area contributed by atoms with Crippen molar-refractivity contribution in [3.05, 3.63) is 54.2 Å². The maximum atomic E-state index is 14.0. The van der Waals surface area contributed by atoms with Gasteiger partial charge in [-0.2, -0.15) is 0 Å². The SMILES string of the molecule is CCNC(=NCC(C)(O)c1ccco1)NCCCN1CCN(c2ccccc2F)CC1. The number of hydrogen-bond acceptors (Lipinski definition) is 5. The highest BCUT2D eigenvalue weighted by atomic mass is 19.1. The van der Waals surface area contributed by atoms with Crippen molar-refractivity contribution in [1.82, 2.24) is 15.5 Å². The molecule has 8 heteroatoms. The van der Waals surface area contributed by atoms with Gasteiger partial charge in [0.1, 0.15) is 17.2 Å². The zero-order valence-electron chi connectivity index (χ0n) is 18.5. The van der Waals surface area contributed by atoms with Gasteiger partial charge in [-0.25, -0.2) is 9.38 Å². The van der Waals surface area contributed by atoms with Gasteiger partial charge in [0, 0.05) is 39.3 Å². The zero-order valence-corrected chi connectivity index (χ0v) is 18.5. The minimum Gasteiger partial charge on any atom is -0.466 e. The van der Waals surface area contributed by atoms with Crippen LogP contribution < -0.4 is 15.5 Å². The molecule has 3 rings (SSSR count). The highest BCUT2D eigenvalue weighted by Gasteiger charge is 2.26. The summed E-state index contributed by atoms with van der Waals surface area (Å²) in [5.74, 6) is 1.03. The van der Waals surface area contributed by atoms with E-state index < -0.39 is 5.60 Å². The largest absolute Gasteiger partial charge is 0.466 e. The first-order valence-electron chi connectivity index (χ1n) is 11.0. The van der Waals surface area contributed by atoms with E-state index in [4.69, 9.17) is 4.42 Å². The van der Waals surface area contributed by atoms with Gasteiger partial charge in [-0.1, -0.05) is 12.1 Å². The third-order valence-corrected chi connectivity index (χ3v) is 5.45. The Morgan fingerprint density at radius 2 is 1.94 bits per heavy atom. The van der Waals surface area contributed by atoms with Crippen LogP contribution in [0.15, 0.2) is 52.1 Å². The van der Waals surface area contributed by atoms with Crippen molar-refractivity contribution < 1.29 is 13.9 Å². The Morgan fingerprint density at radius 1 is 1.16 bits per heavy atom. The number of aliphatic imine (C=N–C) groups is 1. The Morgan fingerprint density at radius 3 is 2.61 bits per heavy atom. The molecule has 2 aromatic rings. The van der Waals surface area contributed by atoms with Crippen LogP contribution in [0.3, 0.4) is 0 Å². The number of hydrogen-bond donors (Lipinski definition) is 3. The molecule has 1 aromatic heterocycles. The maximum Gasteiger partial charge on any atom is 0.191 e. The lowest BCUT2D eigenvalue weighted by atomic mass is 10.0. The van der Waals surface area contributed by atoms with Crippen molar-refractivity contribution in [3.63, 3.8) is 0 Å². The van der Waals surface area contributed by atoms with Gasteiger partial charge in [-0.15, -0.1) is 0 Å². The highest BCUT2D eigenvalue weighted by molar-refractivity contribution is 5.79. The van der Waals surface area contributed by atoms with Crippen molar-refractivity contribution in [2.24, 2.45) is 4.99 Å². The Bertz CT molecular complexity index is 817. The van der Waals surface area contributed by atoms with Gasteiger partial charge in [-0.05, 0) is 51.1 Å². The first-order chi connectivity index (χ1) is 15.0. The summed E-state index contributed by atoms with van der Waals surface area (Å²) >= 11 is 0. The van der Waals surface area contributed by atoms with E-state index in [1.165, 1.54) is 6.07 Å². The second kappa shape index (κ2) is 11.2. The summed E-state index contributed by atoms with van der Waals surface area (Å²) < 4.78 is 19.3. The van der Waals surface area contributed by atoms with Crippen molar-refractivity contribution in [1.29, 1.82) is 0 Å². The molecule has 1 aliphatic rings. The average molecular weight is 432 g/mol. The number of aliphatic hydroxyl groups is 1. The van der Waals surface area contributed by atoms with Crippen LogP contribution in [0, 0.1) is 5.82 Å². The van der Waals surface area contributed by atoms with Gasteiger partial charge in [0.2, 0.25) is 0 Å². The minimum absolute atomic E-state index is 0.151. The van der Waals surface area contributed by atoms with Gasteiger partial charge >= 0.3 is 0 Å². The number of guanidine groups is 1. The Balaban J connectivity index is 1.39. The van der Waals surface area contributed by atoms with E-state index in [1.807, 2.05) is 19.1 Å². The second-order valence-corrected chi connectivity index (χ2v) is 8.01. The Hall–Kier alpha value is -2.58. The third-order valence-electron chi connectivity index (χ3n) is 5.45. The number of furan rings is 1. The smallest absolute Gasteiger partial charge is 0.191 e. The molecule has 0 radical (unpaired) electrons. The first-order valence-corrected chi connectivity index (χ1v) is 11.0. The monoisotopic (exact) mass is 431 g/mol. The molecule has 3 N–H and O–H groups in total. The van der Waals surface area contributed by atoms with E-state index in [0.29, 0.717) is 17.4 Å². The summed E-state index contributed by atoms with van der Waals surface area (Å²) in [6.07, 6.45) is 2.52. The van der Waals surface area contributed by atoms with E-state index in [1.54, 1.807) is 31.4 Å². The standard InChI is InChI=1S/C23H34FN5O2/c1-3-25-22(27-18-23(2,30)21-10-6-17-31-21)26-11-7-12-28-13-15-29(16-14-28)20-9-5-4-8-19(20)24/h4-6,8-10,17,30H,3,7,11-16,18H2,1-2H3,(H2,25,26,27). The molecule has 1 aromatic carbocycles. The van der Waals surface area contributed by atoms with E-state index in [2.05, 4.69) is 25.4 Å². The molecule has 0 aliphatic carbocycles. The number of rotatable bonds is 9. The van der Waals surface area contributed by atoms with Crippen molar-refractivity contribution in [2.45, 2.75) is 25.9 Å². The summed E-state index contributed by atoms with van der Waals surface area (Å²) in [5, 5.41) is 17.1. The van der Waals surface area contributed by atoms with E-state index in [9.17, 15) is 9.50 Å². The number of halogens is 1. The fourth-order valence-electron chi connectivity index (χ4n) is 3.67. The summed E-state index contributed by atoms with van der Waals surface area (Å²) in [6, 6.07) is 10.5. The molecule has 2 heterocycles. The van der Waals surface area contributed by atoms with Gasteiger partial charge in [-0.3, -0.25) is 4.90 Å². The normalized spacial score (nSPS) is 17.4. The van der Waals surface area contributed by atoms with E-state index in [0.717, 1.165) is 52.2 Å². The molecule has 170 valence electrons. The van der Waals surface area contributed by atoms with Crippen LogP contribution in [0.2, 0.25) is 0 Å². The molecular formula is C23H34FN5O2. The number of nitrogens with zero attached hydrogens (tertiary/aromatic N) is 3. The molecular weight excluding hydrogens is 397 g/mol. The second-order valence-electron chi connectivity index (χ2n) is 8.01. The third kappa shape index (κ3) is 6.70. The molecule has 1 fully saturated rings. The highest BCUT2D eigenvalue weighted by Crippen LogP contribution is 2.21. The molecule has 1 atom stereocenters. The molecule has 0 spiro atoms. The zero-order chi connectivity index (χ0) is 22.1. The van der Waals surface area contributed by atoms with Crippen LogP contribution in [-0.2, 0) is 5.60 Å². The van der Waals surface area contributed by atoms with Crippen LogP contribution in [0.5, 0.6) is 0 Å². The fraction of sp³-hybridized carbons (Fsp3) is 0.522. The molecule has 7 nitrogen and oxygen atoms in total. The molecule has 0 amide bonds. The van der Waals surface area contributed by atoms with Gasteiger partial charge < -0.3 is 25.1 Å². The summed E-state index contributed by atoms with van der Waals surface area (Å²) in [6.45, 7) is 9.92. The molecule has 1 saturated heterocycles. The number of para-hydroxylation sites is 1. The molecule has 1 aliphatic heterocycles. The van der Waals surface area contributed by atoms with E-state index >= 15 is 0 Å². The van der Waals surface area contributed by atoms with Gasteiger partial charge in [0.15, 0.2) is 5.96 Å². The first kappa shape index (κ1) is 23.1. The molecule has 0 bridgehead atoms. The number of benzene rings is 1. The predicted octanol–water partition coefficient (Wildman–Crippen LogP) is 2.39. The predicted molar refractivity (Wildman–Crippen MR) is 122 cm³/mol. The van der Waals surface area contributed by atoms with Crippen molar-refractivity contribution in [3.8, 4) is 0 Å². The molecule has 0 saturated carbocycles. The van der Waals surface area contributed by atoms with Crippen LogP contribution in [0.1, 0.15) is 26.0 Å². The lowest BCUT2D eigenvalue weighted by Crippen LogP contribution is -2.47. The maximum absolute atomic E-state index is 14.0. The Kier molecular flexibility index (Phi) is 8.31. The summed E-state index contributed by atoms with van der Waals surface area (Å²) in [5.41, 5.74) is -0.454. The topological polar surface area (TPSA) is 76.3 Å². The van der Waals surface area contributed by atoms with Crippen molar-refractivity contribution in [2.75, 3.05) is 57.3 Å². The van der Waals surface area contributed by atoms with Crippen molar-refractivity contribution >= 4 is 11.6 Å². The minimum atomic E-state index is -1.15. The van der Waals surface area contributed by atoms with Crippen LogP contribution in [0.4, 0.5) is 10.1 Å². The fourth-order valence-corrected chi connectivity index (χ4v) is 3.67. The quantitative estimate of drug-likeness (QED) is 0.322. The number of anilines is 1. The number of piperazine rings is 1. The van der Waals surface area contributed by atoms with Crippen LogP contribution in [-0.4, -0.2) is 68.3 Å².